The first kappa shape index (κ1) is 24.5. The number of carbonyl (C=O) groups is 1. The highest BCUT2D eigenvalue weighted by Gasteiger charge is 2.27. The fourth-order valence-electron chi connectivity index (χ4n) is 3.72. The van der Waals surface area contributed by atoms with E-state index in [0.29, 0.717) is 51.5 Å². The number of rotatable bonds is 11. The molecular weight excluding hydrogens is 432 g/mol. The van der Waals surface area contributed by atoms with E-state index in [1.807, 2.05) is 24.3 Å². The lowest BCUT2D eigenvalue weighted by atomic mass is 10.2. The minimum Gasteiger partial charge on any atom is -0.447 e. The van der Waals surface area contributed by atoms with Gasteiger partial charge in [0.2, 0.25) is 0 Å². The molecule has 0 atom stereocenters. The molecule has 1 saturated heterocycles. The fourth-order valence-corrected chi connectivity index (χ4v) is 5.36. The van der Waals surface area contributed by atoms with Gasteiger partial charge in [-0.1, -0.05) is 24.6 Å². The van der Waals surface area contributed by atoms with E-state index in [2.05, 4.69) is 10.6 Å². The smallest absolute Gasteiger partial charge is 0.407 e. The van der Waals surface area contributed by atoms with Crippen molar-refractivity contribution in [2.75, 3.05) is 39.4 Å². The van der Waals surface area contributed by atoms with E-state index in [4.69, 9.17) is 9.47 Å². The Labute approximate surface area is 190 Å². The van der Waals surface area contributed by atoms with Crippen LogP contribution < -0.4 is 10.6 Å². The summed E-state index contributed by atoms with van der Waals surface area (Å²) in [6.07, 6.45) is 4.02. The fraction of sp³-hybridized carbons (Fsp3) is 0.591. The Bertz CT molecular complexity index is 983. The van der Waals surface area contributed by atoms with Crippen LogP contribution >= 0.6 is 0 Å². The Morgan fingerprint density at radius 2 is 1.81 bits per heavy atom. The van der Waals surface area contributed by atoms with Crippen molar-refractivity contribution in [3.63, 3.8) is 0 Å². The van der Waals surface area contributed by atoms with Crippen LogP contribution in [-0.4, -0.2) is 68.3 Å². The first-order valence-corrected chi connectivity index (χ1v) is 12.6. The number of amides is 1. The van der Waals surface area contributed by atoms with Crippen molar-refractivity contribution in [3.8, 4) is 0 Å². The van der Waals surface area contributed by atoms with E-state index in [9.17, 15) is 13.2 Å². The molecule has 0 spiro atoms. The first-order valence-electron chi connectivity index (χ1n) is 11.2. The number of ether oxygens (including phenoxy) is 2. The van der Waals surface area contributed by atoms with Crippen LogP contribution in [0.4, 0.5) is 4.79 Å². The van der Waals surface area contributed by atoms with Gasteiger partial charge < -0.3 is 20.1 Å². The van der Waals surface area contributed by atoms with Crippen molar-refractivity contribution in [3.05, 3.63) is 36.0 Å². The molecule has 1 aliphatic heterocycles. The molecule has 0 bridgehead atoms. The summed E-state index contributed by atoms with van der Waals surface area (Å²) in [5.74, 6) is 0. The van der Waals surface area contributed by atoms with Gasteiger partial charge in [-0.05, 0) is 38.3 Å². The highest BCUT2D eigenvalue weighted by atomic mass is 32.2. The quantitative estimate of drug-likeness (QED) is 0.493. The molecule has 1 aliphatic rings. The van der Waals surface area contributed by atoms with Gasteiger partial charge in [0.05, 0.1) is 24.8 Å². The van der Waals surface area contributed by atoms with E-state index in [1.54, 1.807) is 24.3 Å². The number of benzene rings is 1. The van der Waals surface area contributed by atoms with Gasteiger partial charge in [-0.15, -0.1) is 0 Å². The largest absolute Gasteiger partial charge is 0.447 e. The average molecular weight is 467 g/mol. The maximum atomic E-state index is 13.2. The van der Waals surface area contributed by atoms with Gasteiger partial charge in [0, 0.05) is 44.3 Å². The molecule has 1 aromatic heterocycles. The van der Waals surface area contributed by atoms with E-state index in [-0.39, 0.29) is 6.10 Å². The second-order valence-electron chi connectivity index (χ2n) is 8.10. The summed E-state index contributed by atoms with van der Waals surface area (Å²) in [7, 11) is -3.58. The maximum absolute atomic E-state index is 13.2. The van der Waals surface area contributed by atoms with Crippen molar-refractivity contribution in [1.82, 2.24) is 18.9 Å². The summed E-state index contributed by atoms with van der Waals surface area (Å²) < 4.78 is 39.9. The highest BCUT2D eigenvalue weighted by molar-refractivity contribution is 7.87. The molecule has 0 saturated carbocycles. The first-order chi connectivity index (χ1) is 15.4. The van der Waals surface area contributed by atoms with Gasteiger partial charge in [0.25, 0.3) is 0 Å². The highest BCUT2D eigenvalue weighted by Crippen LogP contribution is 2.25. The standard InChI is InChI=1S/C22H34N4O5S/c1-18(2)31-22(27)24-11-15-30-14-10-23-16-19-17-26(21-9-5-4-8-20(19)21)32(28,29)25-12-6-3-7-13-25/h4-5,8-9,17-18,23H,3,6-7,10-16H2,1-2H3,(H,24,27). The predicted octanol–water partition coefficient (Wildman–Crippen LogP) is 2.46. The second-order valence-corrected chi connectivity index (χ2v) is 9.91. The number of alkyl carbamates (subject to hydrolysis) is 1. The van der Waals surface area contributed by atoms with Crippen LogP contribution in [0.15, 0.2) is 30.5 Å². The number of hydrogen-bond donors (Lipinski definition) is 2. The van der Waals surface area contributed by atoms with Gasteiger partial charge in [-0.3, -0.25) is 0 Å². The van der Waals surface area contributed by atoms with Crippen molar-refractivity contribution in [2.24, 2.45) is 0 Å². The van der Waals surface area contributed by atoms with Crippen molar-refractivity contribution in [1.29, 1.82) is 0 Å². The SMILES string of the molecule is CC(C)OC(=O)NCCOCCNCc1cn(S(=O)(=O)N2CCCCC2)c2ccccc12. The summed E-state index contributed by atoms with van der Waals surface area (Å²) >= 11 is 0. The zero-order chi connectivity index (χ0) is 23.0. The van der Waals surface area contributed by atoms with Gasteiger partial charge in [0.1, 0.15) is 0 Å². The van der Waals surface area contributed by atoms with Crippen LogP contribution in [0.25, 0.3) is 10.9 Å². The number of hydrogen-bond acceptors (Lipinski definition) is 6. The molecule has 0 radical (unpaired) electrons. The van der Waals surface area contributed by atoms with Crippen LogP contribution in [0.5, 0.6) is 0 Å². The van der Waals surface area contributed by atoms with Crippen LogP contribution in [-0.2, 0) is 26.2 Å². The van der Waals surface area contributed by atoms with Crippen molar-refractivity contribution in [2.45, 2.75) is 45.8 Å². The third kappa shape index (κ3) is 6.44. The molecule has 2 N–H and O–H groups in total. The molecule has 1 fully saturated rings. The molecule has 3 rings (SSSR count). The van der Waals surface area contributed by atoms with Gasteiger partial charge in [-0.25, -0.2) is 8.77 Å². The van der Waals surface area contributed by atoms with Crippen molar-refractivity contribution >= 4 is 27.2 Å². The number of aromatic nitrogens is 1. The molecule has 1 amide bonds. The van der Waals surface area contributed by atoms with Crippen LogP contribution in [0.2, 0.25) is 0 Å². The third-order valence-electron chi connectivity index (χ3n) is 5.25. The molecule has 0 unspecified atom stereocenters. The van der Waals surface area contributed by atoms with Crippen LogP contribution in [0, 0.1) is 0 Å². The molecular formula is C22H34N4O5S. The minimum atomic E-state index is -3.58. The summed E-state index contributed by atoms with van der Waals surface area (Å²) in [5.41, 5.74) is 1.63. The summed E-state index contributed by atoms with van der Waals surface area (Å²) in [6.45, 7) is 7.12. The van der Waals surface area contributed by atoms with E-state index in [1.165, 1.54) is 3.97 Å². The zero-order valence-corrected chi connectivity index (χ0v) is 19.7. The Morgan fingerprint density at radius 1 is 1.09 bits per heavy atom. The maximum Gasteiger partial charge on any atom is 0.407 e. The average Bonchev–Trinajstić information content (AvgIpc) is 3.15. The zero-order valence-electron chi connectivity index (χ0n) is 18.9. The van der Waals surface area contributed by atoms with E-state index < -0.39 is 16.3 Å². The van der Waals surface area contributed by atoms with Gasteiger partial charge in [-0.2, -0.15) is 12.7 Å². The Hall–Kier alpha value is -2.14. The number of carbonyl (C=O) groups excluding carboxylic acids is 1. The lowest BCUT2D eigenvalue weighted by molar-refractivity contribution is 0.105. The summed E-state index contributed by atoms with van der Waals surface area (Å²) in [5, 5.41) is 6.86. The predicted molar refractivity (Wildman–Crippen MR) is 124 cm³/mol. The normalized spacial score (nSPS) is 15.3. The van der Waals surface area contributed by atoms with Gasteiger partial charge >= 0.3 is 16.3 Å². The minimum absolute atomic E-state index is 0.152. The number of para-hydroxylation sites is 1. The Balaban J connectivity index is 1.50. The second kappa shape index (κ2) is 11.6. The molecule has 9 nitrogen and oxygen atoms in total. The molecule has 2 heterocycles. The molecule has 32 heavy (non-hydrogen) atoms. The number of piperidine rings is 1. The van der Waals surface area contributed by atoms with Crippen LogP contribution in [0.1, 0.15) is 38.7 Å². The van der Waals surface area contributed by atoms with E-state index >= 15 is 0 Å². The lowest BCUT2D eigenvalue weighted by Gasteiger charge is -2.26. The monoisotopic (exact) mass is 466 g/mol. The number of nitrogens with one attached hydrogen (secondary N) is 2. The molecule has 0 aliphatic carbocycles. The molecule has 10 heteroatoms. The topological polar surface area (TPSA) is 102 Å². The van der Waals surface area contributed by atoms with Gasteiger partial charge in [0.15, 0.2) is 0 Å². The lowest BCUT2D eigenvalue weighted by Crippen LogP contribution is -2.39. The Morgan fingerprint density at radius 3 is 2.56 bits per heavy atom. The molecule has 1 aromatic carbocycles. The molecule has 2 aromatic rings. The summed E-state index contributed by atoms with van der Waals surface area (Å²) in [4.78, 5) is 11.4. The number of nitrogens with zero attached hydrogens (tertiary/aromatic N) is 2. The van der Waals surface area contributed by atoms with Crippen molar-refractivity contribution < 1.29 is 22.7 Å². The van der Waals surface area contributed by atoms with Crippen LogP contribution in [0.3, 0.4) is 0 Å². The summed E-state index contributed by atoms with van der Waals surface area (Å²) in [6, 6.07) is 7.58. The third-order valence-corrected chi connectivity index (χ3v) is 7.06. The van der Waals surface area contributed by atoms with E-state index in [0.717, 1.165) is 30.2 Å². The number of fused-ring (bicyclic) bond motifs is 1. The molecule has 178 valence electrons. The Kier molecular flexibility index (Phi) is 8.92.